The second-order valence-electron chi connectivity index (χ2n) is 5.01. The van der Waals surface area contributed by atoms with Gasteiger partial charge >= 0.3 is 0 Å². The molecule has 1 amide bonds. The van der Waals surface area contributed by atoms with Crippen LogP contribution in [0.25, 0.3) is 0 Å². The van der Waals surface area contributed by atoms with E-state index in [1.165, 1.54) is 11.1 Å². The highest BCUT2D eigenvalue weighted by Crippen LogP contribution is 2.24. The van der Waals surface area contributed by atoms with Crippen LogP contribution >= 0.6 is 12.4 Å². The Kier molecular flexibility index (Phi) is 8.26. The minimum Gasteiger partial charge on any atom is -0.481 e. The van der Waals surface area contributed by atoms with Crippen LogP contribution in [-0.4, -0.2) is 25.1 Å². The molecule has 0 fully saturated rings. The van der Waals surface area contributed by atoms with Crippen molar-refractivity contribution < 1.29 is 9.53 Å². The molecule has 20 heavy (non-hydrogen) atoms. The van der Waals surface area contributed by atoms with Crippen molar-refractivity contribution in [2.75, 3.05) is 13.1 Å². The van der Waals surface area contributed by atoms with Crippen LogP contribution in [0.3, 0.4) is 0 Å². The first-order chi connectivity index (χ1) is 8.95. The van der Waals surface area contributed by atoms with Crippen LogP contribution in [0, 0.1) is 6.92 Å². The molecular weight excluding hydrogens is 276 g/mol. The van der Waals surface area contributed by atoms with Crippen molar-refractivity contribution in [3.05, 3.63) is 29.3 Å². The summed E-state index contributed by atoms with van der Waals surface area (Å²) in [4.78, 5) is 11.7. The summed E-state index contributed by atoms with van der Waals surface area (Å²) in [5.41, 5.74) is 7.82. The van der Waals surface area contributed by atoms with E-state index < -0.39 is 6.10 Å². The normalized spacial score (nSPS) is 11.7. The van der Waals surface area contributed by atoms with E-state index in [1.807, 2.05) is 12.1 Å². The third-order valence-electron chi connectivity index (χ3n) is 2.99. The number of rotatable bonds is 6. The molecule has 0 aliphatic rings. The van der Waals surface area contributed by atoms with Crippen molar-refractivity contribution in [2.45, 2.75) is 39.7 Å². The van der Waals surface area contributed by atoms with Crippen molar-refractivity contribution in [3.63, 3.8) is 0 Å². The molecule has 0 heterocycles. The summed E-state index contributed by atoms with van der Waals surface area (Å²) in [6, 6.07) is 5.94. The Morgan fingerprint density at radius 1 is 1.35 bits per heavy atom. The van der Waals surface area contributed by atoms with Crippen LogP contribution in [0.4, 0.5) is 0 Å². The third-order valence-corrected chi connectivity index (χ3v) is 2.99. The first-order valence-corrected chi connectivity index (χ1v) is 6.70. The van der Waals surface area contributed by atoms with E-state index in [-0.39, 0.29) is 18.3 Å². The molecule has 1 atom stereocenters. The van der Waals surface area contributed by atoms with Gasteiger partial charge in [-0.15, -0.1) is 12.4 Å². The molecule has 1 unspecified atom stereocenters. The van der Waals surface area contributed by atoms with Crippen LogP contribution in [0.2, 0.25) is 0 Å². The molecule has 0 saturated carbocycles. The number of hydrogen-bond acceptors (Lipinski definition) is 3. The zero-order valence-electron chi connectivity index (χ0n) is 12.6. The van der Waals surface area contributed by atoms with Gasteiger partial charge in [-0.3, -0.25) is 4.79 Å². The first kappa shape index (κ1) is 18.7. The minimum absolute atomic E-state index is 0. The Morgan fingerprint density at radius 2 is 2.00 bits per heavy atom. The zero-order chi connectivity index (χ0) is 14.4. The SMILES string of the molecule is Cc1cc(OC(C)C(=O)NCCN)ccc1C(C)C.Cl. The fourth-order valence-electron chi connectivity index (χ4n) is 1.97. The summed E-state index contributed by atoms with van der Waals surface area (Å²) >= 11 is 0. The van der Waals surface area contributed by atoms with Gasteiger partial charge in [-0.2, -0.15) is 0 Å². The summed E-state index contributed by atoms with van der Waals surface area (Å²) in [5.74, 6) is 1.06. The smallest absolute Gasteiger partial charge is 0.260 e. The molecule has 5 heteroatoms. The van der Waals surface area contributed by atoms with E-state index in [4.69, 9.17) is 10.5 Å². The molecule has 0 aromatic heterocycles. The van der Waals surface area contributed by atoms with Gasteiger partial charge in [0.2, 0.25) is 0 Å². The van der Waals surface area contributed by atoms with Crippen LogP contribution < -0.4 is 15.8 Å². The Morgan fingerprint density at radius 3 is 2.50 bits per heavy atom. The first-order valence-electron chi connectivity index (χ1n) is 6.70. The standard InChI is InChI=1S/C15H24N2O2.ClH/c1-10(2)14-6-5-13(9-11(14)3)19-12(4)15(18)17-8-7-16;/h5-6,9-10,12H,7-8,16H2,1-4H3,(H,17,18);1H. The minimum atomic E-state index is -0.518. The number of carbonyl (C=O) groups is 1. The fourth-order valence-corrected chi connectivity index (χ4v) is 1.97. The number of benzene rings is 1. The van der Waals surface area contributed by atoms with Crippen molar-refractivity contribution in [1.82, 2.24) is 5.32 Å². The van der Waals surface area contributed by atoms with Crippen LogP contribution in [-0.2, 0) is 4.79 Å². The molecule has 0 bridgehead atoms. The summed E-state index contributed by atoms with van der Waals surface area (Å²) in [6.07, 6.45) is -0.518. The summed E-state index contributed by atoms with van der Waals surface area (Å²) in [6.45, 7) is 9.01. The number of aryl methyl sites for hydroxylation is 1. The maximum absolute atomic E-state index is 11.7. The number of hydrogen-bond donors (Lipinski definition) is 2. The Balaban J connectivity index is 0.00000361. The van der Waals surface area contributed by atoms with E-state index >= 15 is 0 Å². The molecule has 114 valence electrons. The monoisotopic (exact) mass is 300 g/mol. The predicted molar refractivity (Wildman–Crippen MR) is 84.7 cm³/mol. The summed E-state index contributed by atoms with van der Waals surface area (Å²) in [5, 5.41) is 2.71. The highest BCUT2D eigenvalue weighted by atomic mass is 35.5. The largest absolute Gasteiger partial charge is 0.481 e. The summed E-state index contributed by atoms with van der Waals surface area (Å²) in [7, 11) is 0. The molecular formula is C15H25ClN2O2. The Hall–Kier alpha value is -1.26. The number of halogens is 1. The van der Waals surface area contributed by atoms with Gasteiger partial charge in [0.05, 0.1) is 0 Å². The quantitative estimate of drug-likeness (QED) is 0.848. The molecule has 0 spiro atoms. The van der Waals surface area contributed by atoms with Gasteiger partial charge in [0.1, 0.15) is 5.75 Å². The van der Waals surface area contributed by atoms with E-state index in [9.17, 15) is 4.79 Å². The molecule has 0 aliphatic carbocycles. The second kappa shape index (κ2) is 8.82. The Labute approximate surface area is 127 Å². The molecule has 4 nitrogen and oxygen atoms in total. The number of amides is 1. The topological polar surface area (TPSA) is 64.3 Å². The van der Waals surface area contributed by atoms with Gasteiger partial charge in [0.15, 0.2) is 6.10 Å². The van der Waals surface area contributed by atoms with Gasteiger partial charge in [-0.1, -0.05) is 19.9 Å². The average Bonchev–Trinajstić information content (AvgIpc) is 2.35. The van der Waals surface area contributed by atoms with Gasteiger partial charge < -0.3 is 15.8 Å². The van der Waals surface area contributed by atoms with E-state index in [1.54, 1.807) is 6.92 Å². The van der Waals surface area contributed by atoms with Crippen LogP contribution in [0.15, 0.2) is 18.2 Å². The zero-order valence-corrected chi connectivity index (χ0v) is 13.4. The molecule has 0 radical (unpaired) electrons. The van der Waals surface area contributed by atoms with E-state index in [0.29, 0.717) is 19.0 Å². The lowest BCUT2D eigenvalue weighted by Gasteiger charge is -2.16. The number of nitrogens with one attached hydrogen (secondary N) is 1. The third kappa shape index (κ3) is 5.39. The summed E-state index contributed by atoms with van der Waals surface area (Å²) < 4.78 is 5.64. The number of ether oxygens (including phenoxy) is 1. The maximum Gasteiger partial charge on any atom is 0.260 e. The lowest BCUT2D eigenvalue weighted by Crippen LogP contribution is -2.38. The number of carbonyl (C=O) groups excluding carboxylic acids is 1. The molecule has 0 saturated heterocycles. The van der Waals surface area contributed by atoms with Crippen molar-refractivity contribution >= 4 is 18.3 Å². The highest BCUT2D eigenvalue weighted by molar-refractivity contribution is 5.85. The van der Waals surface area contributed by atoms with Crippen molar-refractivity contribution in [1.29, 1.82) is 0 Å². The molecule has 0 aliphatic heterocycles. The number of nitrogens with two attached hydrogens (primary N) is 1. The van der Waals surface area contributed by atoms with Gasteiger partial charge in [-0.05, 0) is 43.0 Å². The van der Waals surface area contributed by atoms with Gasteiger partial charge in [0, 0.05) is 13.1 Å². The maximum atomic E-state index is 11.7. The van der Waals surface area contributed by atoms with Crippen molar-refractivity contribution in [3.8, 4) is 5.75 Å². The molecule has 1 aromatic carbocycles. The molecule has 3 N–H and O–H groups in total. The Bertz CT molecular complexity index is 436. The second-order valence-corrected chi connectivity index (χ2v) is 5.01. The highest BCUT2D eigenvalue weighted by Gasteiger charge is 2.14. The molecule has 1 aromatic rings. The molecule has 1 rings (SSSR count). The van der Waals surface area contributed by atoms with E-state index in [0.717, 1.165) is 5.75 Å². The average molecular weight is 301 g/mol. The van der Waals surface area contributed by atoms with Gasteiger partial charge in [-0.25, -0.2) is 0 Å². The van der Waals surface area contributed by atoms with E-state index in [2.05, 4.69) is 32.2 Å². The van der Waals surface area contributed by atoms with Crippen LogP contribution in [0.5, 0.6) is 5.75 Å². The fraction of sp³-hybridized carbons (Fsp3) is 0.533. The van der Waals surface area contributed by atoms with Gasteiger partial charge in [0.25, 0.3) is 5.91 Å². The van der Waals surface area contributed by atoms with Crippen LogP contribution in [0.1, 0.15) is 37.8 Å². The lowest BCUT2D eigenvalue weighted by atomic mass is 9.98. The predicted octanol–water partition coefficient (Wildman–Crippen LogP) is 2.38. The van der Waals surface area contributed by atoms with Crippen molar-refractivity contribution in [2.24, 2.45) is 5.73 Å². The lowest BCUT2D eigenvalue weighted by molar-refractivity contribution is -0.127.